The number of H-pyrrole nitrogens is 2. The fourth-order valence-corrected chi connectivity index (χ4v) is 5.72. The summed E-state index contributed by atoms with van der Waals surface area (Å²) in [6.07, 6.45) is 5.31. The number of anilines is 2. The first-order chi connectivity index (χ1) is 23.0. The van der Waals surface area contributed by atoms with Crippen molar-refractivity contribution in [3.05, 3.63) is 104 Å². The quantitative estimate of drug-likeness (QED) is 0.0692. The molecule has 2 aromatic carbocycles. The Hall–Kier alpha value is -4.69. The van der Waals surface area contributed by atoms with Crippen molar-refractivity contribution in [1.29, 1.82) is 0 Å². The fraction of sp³-hybridized carbons (Fsp3) is 0.324. The molecule has 254 valence electrons. The number of aliphatic imine (C=N–C) groups is 1. The molecule has 12 nitrogen and oxygen atoms in total. The van der Waals surface area contributed by atoms with Crippen LogP contribution in [0.5, 0.6) is 0 Å². The number of guanidine groups is 1. The van der Waals surface area contributed by atoms with Gasteiger partial charge in [-0.3, -0.25) is 9.79 Å². The van der Waals surface area contributed by atoms with Gasteiger partial charge in [0.25, 0.3) is 0 Å². The predicted molar refractivity (Wildman–Crippen MR) is 189 cm³/mol. The average molecular weight is 677 g/mol. The third-order valence-corrected chi connectivity index (χ3v) is 8.29. The Morgan fingerprint density at radius 1 is 1.15 bits per heavy atom. The van der Waals surface area contributed by atoms with Gasteiger partial charge in [0.05, 0.1) is 10.7 Å². The van der Waals surface area contributed by atoms with Crippen molar-refractivity contribution >= 4 is 35.3 Å². The maximum absolute atomic E-state index is 15.2. The summed E-state index contributed by atoms with van der Waals surface area (Å²) < 4.78 is 15.2. The highest BCUT2D eigenvalue weighted by molar-refractivity contribution is 6.31. The molecular weight excluding hydrogens is 635 g/mol. The smallest absolute Gasteiger partial charge is 0.231 e. The maximum Gasteiger partial charge on any atom is 0.231 e. The summed E-state index contributed by atoms with van der Waals surface area (Å²) in [5, 5.41) is 18.4. The average Bonchev–Trinajstić information content (AvgIpc) is 3.46. The molecular formula is C34H42ClFN10O2. The van der Waals surface area contributed by atoms with Crippen LogP contribution in [0.15, 0.2) is 75.6 Å². The minimum atomic E-state index is -1.18. The standard InChI is InChI=1S/C34H42ClFN10O2/c1-20(37)3-2-4-22-13-27(31(36)28(35)14-22)29-15-23-19-46(34(48)45-32(23)44-29)25-7-5-21(6-8-25)17-42-24(9-11-41-33(38)39)18-43-30-16-26(47)10-12-40-30/h5-8,10,12-16,19-20,24,34,42,48H,2-4,9,11,17-18,37H2,1H3,(H,44,45)(H4,38,39,41)(H2,40,43,47)/t20-,24+,34?/m0/s1. The molecule has 0 radical (unpaired) electrons. The van der Waals surface area contributed by atoms with E-state index in [4.69, 9.17) is 28.8 Å². The molecule has 1 aliphatic rings. The molecule has 1 unspecified atom stereocenters. The zero-order valence-corrected chi connectivity index (χ0v) is 27.5. The minimum Gasteiger partial charge on any atom is -0.370 e. The Labute approximate surface area is 282 Å². The number of hydrogen-bond donors (Lipinski definition) is 8. The minimum absolute atomic E-state index is 0.0104. The highest BCUT2D eigenvalue weighted by Gasteiger charge is 2.20. The first-order valence-electron chi connectivity index (χ1n) is 15.8. The summed E-state index contributed by atoms with van der Waals surface area (Å²) in [6.45, 7) is 3.49. The molecule has 4 aromatic rings. The van der Waals surface area contributed by atoms with Crippen LogP contribution in [0.1, 0.15) is 37.3 Å². The summed E-state index contributed by atoms with van der Waals surface area (Å²) >= 11 is 6.27. The number of aliphatic hydroxyl groups excluding tert-OH is 1. The number of halogens is 2. The van der Waals surface area contributed by atoms with Gasteiger partial charge in [-0.25, -0.2) is 9.38 Å². The Morgan fingerprint density at radius 2 is 1.94 bits per heavy atom. The fourth-order valence-electron chi connectivity index (χ4n) is 5.48. The lowest BCUT2D eigenvalue weighted by Gasteiger charge is -2.25. The SMILES string of the molecule is C[C@H](N)CCCc1cc(Cl)c(F)c(-c2cc3c([nH]2)=NC(O)N(c2ccc(CN[C@H](CCN=C(N)N)CNc4cc(=O)cc[nH]4)cc2)C=3)c1. The summed E-state index contributed by atoms with van der Waals surface area (Å²) in [7, 11) is 0. The van der Waals surface area contributed by atoms with Crippen LogP contribution in [0.25, 0.3) is 17.5 Å². The van der Waals surface area contributed by atoms with E-state index in [1.54, 1.807) is 35.5 Å². The summed E-state index contributed by atoms with van der Waals surface area (Å²) in [4.78, 5) is 28.0. The molecule has 5 rings (SSSR count). The van der Waals surface area contributed by atoms with Crippen LogP contribution in [0.2, 0.25) is 5.02 Å². The van der Waals surface area contributed by atoms with Crippen molar-refractivity contribution in [2.45, 2.75) is 57.6 Å². The van der Waals surface area contributed by atoms with E-state index in [9.17, 15) is 9.90 Å². The number of aromatic amines is 2. The van der Waals surface area contributed by atoms with Crippen molar-refractivity contribution in [2.75, 3.05) is 23.3 Å². The number of aromatic nitrogens is 2. The van der Waals surface area contributed by atoms with Gasteiger partial charge in [0.15, 0.2) is 17.2 Å². The van der Waals surface area contributed by atoms with Crippen LogP contribution >= 0.6 is 11.6 Å². The van der Waals surface area contributed by atoms with E-state index < -0.39 is 12.2 Å². The van der Waals surface area contributed by atoms with Crippen molar-refractivity contribution < 1.29 is 9.50 Å². The van der Waals surface area contributed by atoms with E-state index in [0.29, 0.717) is 53.8 Å². The van der Waals surface area contributed by atoms with Gasteiger partial charge in [0.2, 0.25) is 6.35 Å². The third kappa shape index (κ3) is 9.22. The summed E-state index contributed by atoms with van der Waals surface area (Å²) in [5.74, 6) is 0.137. The predicted octanol–water partition coefficient (Wildman–Crippen LogP) is 2.22. The Bertz CT molecular complexity index is 1900. The Kier molecular flexibility index (Phi) is 11.5. The topological polar surface area (TPSA) is 199 Å². The van der Waals surface area contributed by atoms with Crippen LogP contribution in [0.3, 0.4) is 0 Å². The van der Waals surface area contributed by atoms with E-state index in [1.807, 2.05) is 31.2 Å². The molecule has 0 bridgehead atoms. The van der Waals surface area contributed by atoms with Gasteiger partial charge in [0.1, 0.15) is 11.3 Å². The Balaban J connectivity index is 1.27. The Morgan fingerprint density at radius 3 is 2.67 bits per heavy atom. The number of pyridine rings is 1. The van der Waals surface area contributed by atoms with Crippen molar-refractivity contribution in [3.63, 3.8) is 0 Å². The number of hydrogen-bond acceptors (Lipinski definition) is 8. The van der Waals surface area contributed by atoms with Crippen LogP contribution < -0.4 is 48.9 Å². The van der Waals surface area contributed by atoms with Crippen LogP contribution in [-0.4, -0.2) is 52.6 Å². The third-order valence-electron chi connectivity index (χ3n) is 8.01. The lowest BCUT2D eigenvalue weighted by molar-refractivity contribution is 0.186. The largest absolute Gasteiger partial charge is 0.370 e. The molecule has 0 saturated heterocycles. The van der Waals surface area contributed by atoms with Gasteiger partial charge in [-0.1, -0.05) is 23.7 Å². The van der Waals surface area contributed by atoms with Gasteiger partial charge in [-0.2, -0.15) is 0 Å². The van der Waals surface area contributed by atoms with Gasteiger partial charge >= 0.3 is 0 Å². The first-order valence-corrected chi connectivity index (χ1v) is 16.2. The van der Waals surface area contributed by atoms with Gasteiger partial charge in [0, 0.05) is 72.7 Å². The molecule has 0 saturated carbocycles. The van der Waals surface area contributed by atoms with Gasteiger partial charge in [-0.15, -0.1) is 0 Å². The first kappa shape index (κ1) is 34.6. The number of nitrogens with zero attached hydrogens (tertiary/aromatic N) is 3. The molecule has 0 amide bonds. The van der Waals surface area contributed by atoms with E-state index in [0.717, 1.165) is 36.1 Å². The molecule has 0 spiro atoms. The zero-order chi connectivity index (χ0) is 34.2. The number of benzene rings is 2. The molecule has 48 heavy (non-hydrogen) atoms. The van der Waals surface area contributed by atoms with E-state index in [-0.39, 0.29) is 28.5 Å². The number of aryl methyl sites for hydroxylation is 1. The number of fused-ring (bicyclic) bond motifs is 1. The van der Waals surface area contributed by atoms with E-state index >= 15 is 4.39 Å². The number of aliphatic hydroxyl groups is 1. The van der Waals surface area contributed by atoms with Crippen molar-refractivity contribution in [2.24, 2.45) is 27.2 Å². The van der Waals surface area contributed by atoms with Crippen molar-refractivity contribution in [3.8, 4) is 11.3 Å². The van der Waals surface area contributed by atoms with E-state index in [1.165, 1.54) is 12.1 Å². The normalized spacial score (nSPS) is 15.2. The number of rotatable bonds is 15. The second-order valence-corrected chi connectivity index (χ2v) is 12.4. The van der Waals surface area contributed by atoms with E-state index in [2.05, 4.69) is 30.6 Å². The highest BCUT2D eigenvalue weighted by atomic mass is 35.5. The van der Waals surface area contributed by atoms with Gasteiger partial charge < -0.3 is 47.8 Å². The molecule has 3 heterocycles. The van der Waals surface area contributed by atoms with Crippen LogP contribution in [-0.2, 0) is 13.0 Å². The molecule has 0 aliphatic carbocycles. The zero-order valence-electron chi connectivity index (χ0n) is 26.7. The molecule has 1 aliphatic heterocycles. The molecule has 2 aromatic heterocycles. The second-order valence-electron chi connectivity index (χ2n) is 12.0. The summed E-state index contributed by atoms with van der Waals surface area (Å²) in [5.41, 5.74) is 20.8. The maximum atomic E-state index is 15.2. The highest BCUT2D eigenvalue weighted by Crippen LogP contribution is 2.29. The second kappa shape index (κ2) is 15.9. The van der Waals surface area contributed by atoms with Crippen molar-refractivity contribution in [1.82, 2.24) is 15.3 Å². The monoisotopic (exact) mass is 676 g/mol. The van der Waals surface area contributed by atoms with Crippen LogP contribution in [0, 0.1) is 5.82 Å². The molecule has 0 fully saturated rings. The molecule has 14 heteroatoms. The van der Waals surface area contributed by atoms with Crippen LogP contribution in [0.4, 0.5) is 15.9 Å². The summed E-state index contributed by atoms with van der Waals surface area (Å²) in [6, 6.07) is 16.0. The number of nitrogens with two attached hydrogens (primary N) is 3. The van der Waals surface area contributed by atoms with Gasteiger partial charge in [-0.05, 0) is 74.1 Å². The lowest BCUT2D eigenvalue weighted by Crippen LogP contribution is -2.41. The molecule has 3 atom stereocenters. The number of nitrogens with one attached hydrogen (secondary N) is 4. The lowest BCUT2D eigenvalue weighted by atomic mass is 10.0. The molecule has 11 N–H and O–H groups in total.